The Morgan fingerprint density at radius 3 is 2.48 bits per heavy atom. The van der Waals surface area contributed by atoms with Gasteiger partial charge in [-0.3, -0.25) is 4.79 Å². The Bertz CT molecular complexity index is 423. The van der Waals surface area contributed by atoms with Crippen molar-refractivity contribution in [1.82, 2.24) is 5.32 Å². The van der Waals surface area contributed by atoms with E-state index in [9.17, 15) is 19.8 Å². The first-order chi connectivity index (χ1) is 9.81. The number of aliphatic carboxylic acids is 1. The molecule has 0 aromatic heterocycles. The van der Waals surface area contributed by atoms with Crippen molar-refractivity contribution in [2.24, 2.45) is 5.92 Å². The fourth-order valence-corrected chi connectivity index (χ4v) is 2.33. The Kier molecular flexibility index (Phi) is 6.13. The number of carboxylic acids is 1. The van der Waals surface area contributed by atoms with E-state index in [4.69, 9.17) is 14.9 Å². The van der Waals surface area contributed by atoms with Gasteiger partial charge in [-0.25, -0.2) is 4.79 Å². The summed E-state index contributed by atoms with van der Waals surface area (Å²) in [6.07, 6.45) is -2.33. The van der Waals surface area contributed by atoms with E-state index in [1.54, 1.807) is 6.92 Å². The minimum Gasteiger partial charge on any atom is -0.478 e. The van der Waals surface area contributed by atoms with Crippen molar-refractivity contribution in [1.29, 1.82) is 0 Å². The highest BCUT2D eigenvalue weighted by Crippen LogP contribution is 2.28. The first-order valence-corrected chi connectivity index (χ1v) is 6.67. The molecule has 8 heteroatoms. The molecule has 0 aliphatic carbocycles. The van der Waals surface area contributed by atoms with Crippen LogP contribution in [0.3, 0.4) is 0 Å². The normalized spacial score (nSPS) is 28.0. The van der Waals surface area contributed by atoms with Crippen molar-refractivity contribution in [3.05, 3.63) is 11.8 Å². The highest BCUT2D eigenvalue weighted by molar-refractivity contribution is 5.84. The fourth-order valence-electron chi connectivity index (χ4n) is 2.33. The van der Waals surface area contributed by atoms with E-state index in [0.29, 0.717) is 6.42 Å². The average molecular weight is 303 g/mol. The van der Waals surface area contributed by atoms with Gasteiger partial charge < -0.3 is 30.5 Å². The molecule has 5 atom stereocenters. The molecular weight excluding hydrogens is 282 g/mol. The minimum atomic E-state index is -1.54. The molecule has 5 N–H and O–H groups in total. The van der Waals surface area contributed by atoms with Crippen LogP contribution in [-0.2, 0) is 14.3 Å². The van der Waals surface area contributed by atoms with Crippen molar-refractivity contribution >= 4 is 11.9 Å². The van der Waals surface area contributed by atoms with Gasteiger partial charge in [0.25, 0.3) is 0 Å². The zero-order valence-electron chi connectivity index (χ0n) is 11.9. The monoisotopic (exact) mass is 303 g/mol. The molecule has 0 radical (unpaired) electrons. The Balaban J connectivity index is 3.12. The third kappa shape index (κ3) is 4.16. The predicted octanol–water partition coefficient (Wildman–Crippen LogP) is -1.40. The lowest BCUT2D eigenvalue weighted by molar-refractivity contribution is -0.147. The summed E-state index contributed by atoms with van der Waals surface area (Å²) in [5.74, 6) is -2.40. The maximum Gasteiger partial charge on any atom is 0.370 e. The van der Waals surface area contributed by atoms with E-state index in [0.717, 1.165) is 0 Å². The standard InChI is InChI=1S/C13H21NO7/c1-3-7-4-9(13(19)20)21-12(10(7)14-6(2)16)11(18)8(17)5-15/h4,7-8,10-12,15,17-18H,3,5H2,1-2H3,(H,14,16)(H,19,20). The number of hydrogen-bond acceptors (Lipinski definition) is 6. The molecule has 0 spiro atoms. The Morgan fingerprint density at radius 2 is 2.05 bits per heavy atom. The summed E-state index contributed by atoms with van der Waals surface area (Å²) in [4.78, 5) is 22.4. The van der Waals surface area contributed by atoms with Crippen molar-refractivity contribution in [2.45, 2.75) is 44.6 Å². The SMILES string of the molecule is CCC1C=C(C(=O)O)OC(C(O)C(O)CO)C1NC(C)=O. The van der Waals surface area contributed by atoms with E-state index in [2.05, 4.69) is 5.32 Å². The van der Waals surface area contributed by atoms with E-state index in [1.807, 2.05) is 0 Å². The van der Waals surface area contributed by atoms with Gasteiger partial charge in [-0.1, -0.05) is 6.92 Å². The van der Waals surface area contributed by atoms with Crippen molar-refractivity contribution < 1.29 is 34.8 Å². The third-order valence-corrected chi connectivity index (χ3v) is 3.41. The summed E-state index contributed by atoms with van der Waals surface area (Å²) in [5.41, 5.74) is 0. The Labute approximate surface area is 122 Å². The molecule has 0 saturated carbocycles. The van der Waals surface area contributed by atoms with Crippen molar-refractivity contribution in [3.63, 3.8) is 0 Å². The molecule has 0 fully saturated rings. The number of nitrogens with one attached hydrogen (secondary N) is 1. The van der Waals surface area contributed by atoms with Crippen molar-refractivity contribution in [3.8, 4) is 0 Å². The molecular formula is C13H21NO7. The number of aliphatic hydroxyl groups is 3. The van der Waals surface area contributed by atoms with Gasteiger partial charge in [-0.2, -0.15) is 0 Å². The van der Waals surface area contributed by atoms with Crippen LogP contribution in [-0.4, -0.2) is 63.3 Å². The summed E-state index contributed by atoms with van der Waals surface area (Å²) in [5, 5.41) is 40.1. The maximum atomic E-state index is 11.3. The molecule has 1 rings (SSSR count). The number of ether oxygens (including phenoxy) is 1. The largest absolute Gasteiger partial charge is 0.478 e. The number of carboxylic acid groups (broad SMARTS) is 1. The molecule has 1 heterocycles. The van der Waals surface area contributed by atoms with Gasteiger partial charge in [0.05, 0.1) is 12.6 Å². The number of rotatable bonds is 6. The summed E-state index contributed by atoms with van der Waals surface area (Å²) in [6.45, 7) is 2.37. The second kappa shape index (κ2) is 7.39. The number of carbonyl (C=O) groups excluding carboxylic acids is 1. The van der Waals surface area contributed by atoms with Crippen LogP contribution in [0.1, 0.15) is 20.3 Å². The summed E-state index contributed by atoms with van der Waals surface area (Å²) >= 11 is 0. The molecule has 5 unspecified atom stereocenters. The summed E-state index contributed by atoms with van der Waals surface area (Å²) < 4.78 is 5.20. The highest BCUT2D eigenvalue weighted by atomic mass is 16.5. The van der Waals surface area contributed by atoms with Crippen LogP contribution in [0.25, 0.3) is 0 Å². The van der Waals surface area contributed by atoms with Gasteiger partial charge in [-0.05, 0) is 12.5 Å². The molecule has 21 heavy (non-hydrogen) atoms. The van der Waals surface area contributed by atoms with Crippen LogP contribution in [0.15, 0.2) is 11.8 Å². The number of amides is 1. The highest BCUT2D eigenvalue weighted by Gasteiger charge is 2.42. The van der Waals surface area contributed by atoms with Gasteiger partial charge in [0.1, 0.15) is 18.3 Å². The second-order valence-corrected chi connectivity index (χ2v) is 4.96. The van der Waals surface area contributed by atoms with Crippen molar-refractivity contribution in [2.75, 3.05) is 6.61 Å². The number of hydrogen-bond donors (Lipinski definition) is 5. The van der Waals surface area contributed by atoms with Crippen LogP contribution in [0, 0.1) is 5.92 Å². The molecule has 8 nitrogen and oxygen atoms in total. The average Bonchev–Trinajstić information content (AvgIpc) is 2.44. The van der Waals surface area contributed by atoms with Gasteiger partial charge in [-0.15, -0.1) is 0 Å². The Hall–Kier alpha value is -1.64. The van der Waals surface area contributed by atoms with E-state index in [1.165, 1.54) is 13.0 Å². The zero-order chi connectivity index (χ0) is 16.2. The van der Waals surface area contributed by atoms with Crippen LogP contribution in [0.2, 0.25) is 0 Å². The van der Waals surface area contributed by atoms with Gasteiger partial charge >= 0.3 is 5.97 Å². The quantitative estimate of drug-likeness (QED) is 0.407. The molecule has 0 aromatic carbocycles. The lowest BCUT2D eigenvalue weighted by atomic mass is 9.85. The third-order valence-electron chi connectivity index (χ3n) is 3.41. The second-order valence-electron chi connectivity index (χ2n) is 4.96. The van der Waals surface area contributed by atoms with Crippen LogP contribution in [0.4, 0.5) is 0 Å². The molecule has 0 saturated heterocycles. The first kappa shape index (κ1) is 17.4. The van der Waals surface area contributed by atoms with E-state index >= 15 is 0 Å². The maximum absolute atomic E-state index is 11.3. The first-order valence-electron chi connectivity index (χ1n) is 6.67. The zero-order valence-corrected chi connectivity index (χ0v) is 11.9. The lowest BCUT2D eigenvalue weighted by Gasteiger charge is -2.39. The molecule has 1 amide bonds. The molecule has 0 aromatic rings. The topological polar surface area (TPSA) is 136 Å². The summed E-state index contributed by atoms with van der Waals surface area (Å²) in [7, 11) is 0. The van der Waals surface area contributed by atoms with Crippen LogP contribution in [0.5, 0.6) is 0 Å². The Morgan fingerprint density at radius 1 is 1.43 bits per heavy atom. The fraction of sp³-hybridized carbons (Fsp3) is 0.692. The minimum absolute atomic E-state index is 0.349. The summed E-state index contributed by atoms with van der Waals surface area (Å²) in [6, 6.07) is -0.702. The lowest BCUT2D eigenvalue weighted by Crippen LogP contribution is -2.58. The number of carbonyl (C=O) groups is 2. The number of aliphatic hydroxyl groups excluding tert-OH is 3. The van der Waals surface area contributed by atoms with Crippen LogP contribution >= 0.6 is 0 Å². The molecule has 1 aliphatic heterocycles. The molecule has 0 bridgehead atoms. The van der Waals surface area contributed by atoms with Gasteiger partial charge in [0.15, 0.2) is 0 Å². The van der Waals surface area contributed by atoms with Gasteiger partial charge in [0.2, 0.25) is 11.7 Å². The van der Waals surface area contributed by atoms with Crippen LogP contribution < -0.4 is 5.32 Å². The molecule has 1 aliphatic rings. The molecule has 120 valence electrons. The van der Waals surface area contributed by atoms with E-state index in [-0.39, 0.29) is 17.6 Å². The van der Waals surface area contributed by atoms with Gasteiger partial charge in [0, 0.05) is 12.8 Å². The smallest absolute Gasteiger partial charge is 0.370 e. The van der Waals surface area contributed by atoms with E-state index < -0.39 is 36.9 Å². The predicted molar refractivity (Wildman–Crippen MR) is 71.1 cm³/mol.